The Morgan fingerprint density at radius 1 is 0.900 bits per heavy atom. The van der Waals surface area contributed by atoms with Gasteiger partial charge in [0.25, 0.3) is 0 Å². The van der Waals surface area contributed by atoms with Gasteiger partial charge in [-0.2, -0.15) is 0 Å². The predicted molar refractivity (Wildman–Crippen MR) is 47.6 cm³/mol. The maximum Gasteiger partial charge on any atom is -0.0347 e. The molecule has 0 aromatic heterocycles. The van der Waals surface area contributed by atoms with Gasteiger partial charge >= 0.3 is 0 Å². The van der Waals surface area contributed by atoms with E-state index >= 15 is 0 Å². The SMILES string of the molecule is [CH2]CC=CC=CC=CC=C. The van der Waals surface area contributed by atoms with Crippen LogP contribution in [0.5, 0.6) is 0 Å². The first kappa shape index (κ1) is 8.96. The fraction of sp³-hybridized carbons (Fsp3) is 0.100. The van der Waals surface area contributed by atoms with Gasteiger partial charge in [-0.05, 0) is 13.3 Å². The van der Waals surface area contributed by atoms with E-state index in [-0.39, 0.29) is 0 Å². The summed E-state index contributed by atoms with van der Waals surface area (Å²) in [5, 5.41) is 0. The summed E-state index contributed by atoms with van der Waals surface area (Å²) in [6, 6.07) is 0. The molecular weight excluding hydrogens is 120 g/mol. The minimum atomic E-state index is 0.843. The molecule has 10 heavy (non-hydrogen) atoms. The molecule has 0 amide bonds. The first-order valence-corrected chi connectivity index (χ1v) is 3.32. The van der Waals surface area contributed by atoms with Crippen molar-refractivity contribution in [3.63, 3.8) is 0 Å². The highest BCUT2D eigenvalue weighted by molar-refractivity contribution is 5.14. The fourth-order valence-electron chi connectivity index (χ4n) is 0.446. The summed E-state index contributed by atoms with van der Waals surface area (Å²) in [7, 11) is 0. The first-order valence-electron chi connectivity index (χ1n) is 3.32. The second-order valence-corrected chi connectivity index (χ2v) is 1.72. The van der Waals surface area contributed by atoms with Gasteiger partial charge in [-0.3, -0.25) is 0 Å². The standard InChI is InChI=1S/C10H13/c1-3-5-7-9-10-8-6-4-2/h3,5-10H,1-2,4H2. The third-order valence-electron chi connectivity index (χ3n) is 0.883. The van der Waals surface area contributed by atoms with Crippen LogP contribution < -0.4 is 0 Å². The molecule has 1 radical (unpaired) electrons. The van der Waals surface area contributed by atoms with Crippen LogP contribution in [-0.4, -0.2) is 0 Å². The molecule has 0 aliphatic heterocycles. The molecule has 0 bridgehead atoms. The average Bonchev–Trinajstić information content (AvgIpc) is 1.97. The van der Waals surface area contributed by atoms with Crippen LogP contribution in [0.1, 0.15) is 6.42 Å². The zero-order valence-electron chi connectivity index (χ0n) is 6.16. The maximum absolute atomic E-state index is 3.66. The highest BCUT2D eigenvalue weighted by Crippen LogP contribution is 1.82. The molecule has 0 fully saturated rings. The van der Waals surface area contributed by atoms with Crippen molar-refractivity contribution in [2.24, 2.45) is 0 Å². The lowest BCUT2D eigenvalue weighted by atomic mass is 10.3. The first-order chi connectivity index (χ1) is 4.91. The Kier molecular flexibility index (Phi) is 7.13. The molecule has 0 saturated carbocycles. The van der Waals surface area contributed by atoms with E-state index in [4.69, 9.17) is 0 Å². The Labute approximate surface area is 63.3 Å². The van der Waals surface area contributed by atoms with Crippen LogP contribution in [0.2, 0.25) is 0 Å². The molecule has 0 aliphatic carbocycles. The molecule has 0 atom stereocenters. The molecule has 0 N–H and O–H groups in total. The number of hydrogen-bond donors (Lipinski definition) is 0. The Balaban J connectivity index is 3.46. The van der Waals surface area contributed by atoms with Crippen molar-refractivity contribution in [1.82, 2.24) is 0 Å². The average molecular weight is 133 g/mol. The van der Waals surface area contributed by atoms with Crippen LogP contribution >= 0.6 is 0 Å². The largest absolute Gasteiger partial charge is 0.0991 e. The molecule has 53 valence electrons. The highest BCUT2D eigenvalue weighted by atomic mass is 13.7. The lowest BCUT2D eigenvalue weighted by Gasteiger charge is -1.73. The summed E-state index contributed by atoms with van der Waals surface area (Å²) >= 11 is 0. The molecule has 0 aromatic carbocycles. The van der Waals surface area contributed by atoms with Crippen molar-refractivity contribution in [3.05, 3.63) is 56.0 Å². The molecule has 0 aromatic rings. The summed E-state index contributed by atoms with van der Waals surface area (Å²) < 4.78 is 0. The normalized spacial score (nSPS) is 12.1. The van der Waals surface area contributed by atoms with Gasteiger partial charge in [-0.15, -0.1) is 0 Å². The van der Waals surface area contributed by atoms with Gasteiger partial charge in [0.1, 0.15) is 0 Å². The fourth-order valence-corrected chi connectivity index (χ4v) is 0.446. The van der Waals surface area contributed by atoms with Gasteiger partial charge in [0.05, 0.1) is 0 Å². The monoisotopic (exact) mass is 133 g/mol. The van der Waals surface area contributed by atoms with Gasteiger partial charge in [-0.25, -0.2) is 0 Å². The predicted octanol–water partition coefficient (Wildman–Crippen LogP) is 3.07. The lowest BCUT2D eigenvalue weighted by molar-refractivity contribution is 1.40. The van der Waals surface area contributed by atoms with E-state index < -0.39 is 0 Å². The Bertz CT molecular complexity index is 147. The van der Waals surface area contributed by atoms with E-state index in [1.165, 1.54) is 0 Å². The van der Waals surface area contributed by atoms with E-state index in [1.54, 1.807) is 6.08 Å². The topological polar surface area (TPSA) is 0 Å². The van der Waals surface area contributed by atoms with Crippen LogP contribution in [0.3, 0.4) is 0 Å². The van der Waals surface area contributed by atoms with Crippen LogP contribution in [-0.2, 0) is 0 Å². The zero-order valence-corrected chi connectivity index (χ0v) is 6.16. The van der Waals surface area contributed by atoms with Crippen molar-refractivity contribution in [3.8, 4) is 0 Å². The third kappa shape index (κ3) is 6.96. The molecule has 0 heterocycles. The van der Waals surface area contributed by atoms with Gasteiger partial charge in [0, 0.05) is 0 Å². The van der Waals surface area contributed by atoms with Crippen molar-refractivity contribution >= 4 is 0 Å². The van der Waals surface area contributed by atoms with Gasteiger partial charge < -0.3 is 0 Å². The maximum atomic E-state index is 3.66. The van der Waals surface area contributed by atoms with Crippen LogP contribution in [0.15, 0.2) is 49.1 Å². The summed E-state index contributed by atoms with van der Waals surface area (Å²) in [6.07, 6.45) is 14.3. The van der Waals surface area contributed by atoms with E-state index in [0.29, 0.717) is 0 Å². The number of hydrogen-bond acceptors (Lipinski definition) is 0. The van der Waals surface area contributed by atoms with Crippen molar-refractivity contribution in [2.45, 2.75) is 6.42 Å². The van der Waals surface area contributed by atoms with E-state index in [0.717, 1.165) is 6.42 Å². The summed E-state index contributed by atoms with van der Waals surface area (Å²) in [5.41, 5.74) is 0. The summed E-state index contributed by atoms with van der Waals surface area (Å²) in [4.78, 5) is 0. The molecule has 0 spiro atoms. The third-order valence-corrected chi connectivity index (χ3v) is 0.883. The molecule has 0 unspecified atom stereocenters. The van der Waals surface area contributed by atoms with E-state index in [9.17, 15) is 0 Å². The molecule has 0 heteroatoms. The Morgan fingerprint density at radius 3 is 2.10 bits per heavy atom. The Morgan fingerprint density at radius 2 is 1.50 bits per heavy atom. The second-order valence-electron chi connectivity index (χ2n) is 1.72. The minimum Gasteiger partial charge on any atom is -0.0991 e. The number of rotatable bonds is 4. The molecule has 0 aliphatic rings. The van der Waals surface area contributed by atoms with Crippen LogP contribution in [0, 0.1) is 6.92 Å². The zero-order chi connectivity index (χ0) is 7.66. The van der Waals surface area contributed by atoms with Gasteiger partial charge in [-0.1, -0.05) is 49.1 Å². The van der Waals surface area contributed by atoms with E-state index in [2.05, 4.69) is 13.5 Å². The van der Waals surface area contributed by atoms with Crippen molar-refractivity contribution < 1.29 is 0 Å². The number of allylic oxidation sites excluding steroid dienone is 7. The molecule has 0 nitrogen and oxygen atoms in total. The van der Waals surface area contributed by atoms with Crippen molar-refractivity contribution in [2.75, 3.05) is 0 Å². The Hall–Kier alpha value is -1.04. The van der Waals surface area contributed by atoms with Crippen molar-refractivity contribution in [1.29, 1.82) is 0 Å². The molecule has 0 saturated heterocycles. The van der Waals surface area contributed by atoms with Gasteiger partial charge in [0.2, 0.25) is 0 Å². The smallest absolute Gasteiger partial charge is 0.0347 e. The second kappa shape index (κ2) is 7.96. The quantitative estimate of drug-likeness (QED) is 0.517. The van der Waals surface area contributed by atoms with Crippen LogP contribution in [0.4, 0.5) is 0 Å². The highest BCUT2D eigenvalue weighted by Gasteiger charge is 1.61. The van der Waals surface area contributed by atoms with E-state index in [1.807, 2.05) is 36.5 Å². The summed E-state index contributed by atoms with van der Waals surface area (Å²) in [6.45, 7) is 7.21. The lowest BCUT2D eigenvalue weighted by Crippen LogP contribution is -1.51. The minimum absolute atomic E-state index is 0.843. The summed E-state index contributed by atoms with van der Waals surface area (Å²) in [5.74, 6) is 0. The van der Waals surface area contributed by atoms with Crippen LogP contribution in [0.25, 0.3) is 0 Å². The molecule has 0 rings (SSSR count). The van der Waals surface area contributed by atoms with Gasteiger partial charge in [0.15, 0.2) is 0 Å². The molecular formula is C10H13.